The summed E-state index contributed by atoms with van der Waals surface area (Å²) in [5.74, 6) is 0. The van der Waals surface area contributed by atoms with Gasteiger partial charge < -0.3 is 10.1 Å². The van der Waals surface area contributed by atoms with E-state index in [1.54, 1.807) is 0 Å². The van der Waals surface area contributed by atoms with Crippen LogP contribution in [-0.2, 0) is 11.3 Å². The van der Waals surface area contributed by atoms with Crippen molar-refractivity contribution < 1.29 is 4.74 Å². The van der Waals surface area contributed by atoms with Crippen molar-refractivity contribution in [1.82, 2.24) is 5.32 Å². The molecule has 1 unspecified atom stereocenters. The van der Waals surface area contributed by atoms with Crippen LogP contribution in [0.2, 0.25) is 0 Å². The number of hydrogen-bond donors (Lipinski definition) is 1. The fourth-order valence-electron chi connectivity index (χ4n) is 2.64. The molecule has 0 bridgehead atoms. The standard InChI is InChI=1S/C18H21NO.ClH/c1-14-6-8-15(9-7-14)18-5-3-2-4-16(18)13-20-17-10-11-19-12-17;/h2-9,17,19H,10-13H2,1H3;1H. The zero-order chi connectivity index (χ0) is 13.8. The van der Waals surface area contributed by atoms with E-state index in [0.717, 1.165) is 19.5 Å². The molecule has 1 heterocycles. The van der Waals surface area contributed by atoms with E-state index in [-0.39, 0.29) is 12.4 Å². The highest BCUT2D eigenvalue weighted by molar-refractivity contribution is 5.85. The van der Waals surface area contributed by atoms with Crippen LogP contribution in [0.4, 0.5) is 0 Å². The number of nitrogens with one attached hydrogen (secondary N) is 1. The van der Waals surface area contributed by atoms with Crippen molar-refractivity contribution in [3.05, 3.63) is 59.7 Å². The van der Waals surface area contributed by atoms with Gasteiger partial charge in [-0.25, -0.2) is 0 Å². The zero-order valence-electron chi connectivity index (χ0n) is 12.3. The lowest BCUT2D eigenvalue weighted by molar-refractivity contribution is 0.0545. The highest BCUT2D eigenvalue weighted by Gasteiger charge is 2.15. The average molecular weight is 304 g/mol. The molecular formula is C18H22ClNO. The molecule has 1 aliphatic heterocycles. The Morgan fingerprint density at radius 2 is 1.86 bits per heavy atom. The number of halogens is 1. The first-order valence-corrected chi connectivity index (χ1v) is 7.30. The third-order valence-corrected chi connectivity index (χ3v) is 3.87. The molecule has 0 saturated carbocycles. The van der Waals surface area contributed by atoms with Gasteiger partial charge in [-0.05, 0) is 36.6 Å². The van der Waals surface area contributed by atoms with Crippen molar-refractivity contribution in [3.8, 4) is 11.1 Å². The molecule has 2 aromatic rings. The Bertz CT molecular complexity index is 562. The number of benzene rings is 2. The molecule has 2 aromatic carbocycles. The summed E-state index contributed by atoms with van der Waals surface area (Å²) in [5.41, 5.74) is 5.10. The summed E-state index contributed by atoms with van der Waals surface area (Å²) in [4.78, 5) is 0. The first-order chi connectivity index (χ1) is 9.83. The highest BCUT2D eigenvalue weighted by atomic mass is 35.5. The third-order valence-electron chi connectivity index (χ3n) is 3.87. The SMILES string of the molecule is Cc1ccc(-c2ccccc2COC2CCNC2)cc1.Cl. The van der Waals surface area contributed by atoms with E-state index in [9.17, 15) is 0 Å². The van der Waals surface area contributed by atoms with Crippen LogP contribution in [0.1, 0.15) is 17.5 Å². The summed E-state index contributed by atoms with van der Waals surface area (Å²) in [5, 5.41) is 3.34. The Morgan fingerprint density at radius 1 is 1.10 bits per heavy atom. The lowest BCUT2D eigenvalue weighted by Gasteiger charge is -2.14. The lowest BCUT2D eigenvalue weighted by Crippen LogP contribution is -2.16. The van der Waals surface area contributed by atoms with Crippen LogP contribution in [-0.4, -0.2) is 19.2 Å². The van der Waals surface area contributed by atoms with Crippen molar-refractivity contribution in [1.29, 1.82) is 0 Å². The zero-order valence-corrected chi connectivity index (χ0v) is 13.2. The molecule has 1 fully saturated rings. The molecule has 1 N–H and O–H groups in total. The largest absolute Gasteiger partial charge is 0.372 e. The lowest BCUT2D eigenvalue weighted by atomic mass is 9.99. The van der Waals surface area contributed by atoms with Crippen molar-refractivity contribution >= 4 is 12.4 Å². The van der Waals surface area contributed by atoms with Crippen LogP contribution < -0.4 is 5.32 Å². The Morgan fingerprint density at radius 3 is 2.57 bits per heavy atom. The van der Waals surface area contributed by atoms with Crippen LogP contribution in [0, 0.1) is 6.92 Å². The maximum atomic E-state index is 6.01. The van der Waals surface area contributed by atoms with Gasteiger partial charge in [-0.15, -0.1) is 12.4 Å². The van der Waals surface area contributed by atoms with Gasteiger partial charge in [0, 0.05) is 6.54 Å². The smallest absolute Gasteiger partial charge is 0.0727 e. The van der Waals surface area contributed by atoms with Crippen LogP contribution >= 0.6 is 12.4 Å². The van der Waals surface area contributed by atoms with Crippen molar-refractivity contribution in [2.45, 2.75) is 26.1 Å². The van der Waals surface area contributed by atoms with Crippen molar-refractivity contribution in [2.75, 3.05) is 13.1 Å². The maximum Gasteiger partial charge on any atom is 0.0727 e. The number of hydrogen-bond acceptors (Lipinski definition) is 2. The van der Waals surface area contributed by atoms with Gasteiger partial charge in [-0.3, -0.25) is 0 Å². The van der Waals surface area contributed by atoms with Gasteiger partial charge in [0.25, 0.3) is 0 Å². The van der Waals surface area contributed by atoms with Gasteiger partial charge in [0.15, 0.2) is 0 Å². The molecule has 1 saturated heterocycles. The molecule has 0 radical (unpaired) electrons. The summed E-state index contributed by atoms with van der Waals surface area (Å²) >= 11 is 0. The molecule has 0 amide bonds. The van der Waals surface area contributed by atoms with Crippen molar-refractivity contribution in [2.24, 2.45) is 0 Å². The summed E-state index contributed by atoms with van der Waals surface area (Å²) in [7, 11) is 0. The minimum atomic E-state index is 0. The molecule has 2 nitrogen and oxygen atoms in total. The molecule has 0 spiro atoms. The molecule has 1 aliphatic rings. The van der Waals surface area contributed by atoms with Crippen molar-refractivity contribution in [3.63, 3.8) is 0 Å². The molecule has 112 valence electrons. The fraction of sp³-hybridized carbons (Fsp3) is 0.333. The van der Waals surface area contributed by atoms with Crippen LogP contribution in [0.25, 0.3) is 11.1 Å². The van der Waals surface area contributed by atoms with Gasteiger partial charge in [-0.2, -0.15) is 0 Å². The molecule has 3 heteroatoms. The van der Waals surface area contributed by atoms with E-state index in [1.807, 2.05) is 0 Å². The first kappa shape index (κ1) is 16.0. The molecule has 0 aliphatic carbocycles. The van der Waals surface area contributed by atoms with Gasteiger partial charge in [-0.1, -0.05) is 54.1 Å². The number of aryl methyl sites for hydroxylation is 1. The minimum absolute atomic E-state index is 0. The Kier molecular flexibility index (Phi) is 5.80. The average Bonchev–Trinajstić information content (AvgIpc) is 3.00. The van der Waals surface area contributed by atoms with E-state index in [2.05, 4.69) is 60.8 Å². The van der Waals surface area contributed by atoms with Gasteiger partial charge >= 0.3 is 0 Å². The van der Waals surface area contributed by atoms with E-state index in [1.165, 1.54) is 22.3 Å². The first-order valence-electron chi connectivity index (χ1n) is 7.30. The van der Waals surface area contributed by atoms with Crippen LogP contribution in [0.3, 0.4) is 0 Å². The van der Waals surface area contributed by atoms with Gasteiger partial charge in [0.2, 0.25) is 0 Å². The van der Waals surface area contributed by atoms with E-state index >= 15 is 0 Å². The Balaban J connectivity index is 0.00000161. The Labute approximate surface area is 132 Å². The van der Waals surface area contributed by atoms with Crippen LogP contribution in [0.5, 0.6) is 0 Å². The molecule has 21 heavy (non-hydrogen) atoms. The minimum Gasteiger partial charge on any atom is -0.372 e. The summed E-state index contributed by atoms with van der Waals surface area (Å²) < 4.78 is 6.01. The van der Waals surface area contributed by atoms with Gasteiger partial charge in [0.05, 0.1) is 12.7 Å². The molecule has 3 rings (SSSR count). The third kappa shape index (κ3) is 4.07. The summed E-state index contributed by atoms with van der Waals surface area (Å²) in [6.07, 6.45) is 1.48. The molecule has 1 atom stereocenters. The second kappa shape index (κ2) is 7.60. The molecular weight excluding hydrogens is 282 g/mol. The predicted octanol–water partition coefficient (Wildman–Crippen LogP) is 3.96. The van der Waals surface area contributed by atoms with Crippen LogP contribution in [0.15, 0.2) is 48.5 Å². The highest BCUT2D eigenvalue weighted by Crippen LogP contribution is 2.25. The number of ether oxygens (including phenoxy) is 1. The second-order valence-corrected chi connectivity index (χ2v) is 5.45. The monoisotopic (exact) mass is 303 g/mol. The maximum absolute atomic E-state index is 6.01. The second-order valence-electron chi connectivity index (χ2n) is 5.45. The topological polar surface area (TPSA) is 21.3 Å². The summed E-state index contributed by atoms with van der Waals surface area (Å²) in [6.45, 7) is 4.86. The fourth-order valence-corrected chi connectivity index (χ4v) is 2.64. The predicted molar refractivity (Wildman–Crippen MR) is 89.9 cm³/mol. The quantitative estimate of drug-likeness (QED) is 0.923. The Hall–Kier alpha value is -1.35. The normalized spacial score (nSPS) is 17.5. The number of rotatable bonds is 4. The molecule has 0 aromatic heterocycles. The van der Waals surface area contributed by atoms with E-state index in [0.29, 0.717) is 12.7 Å². The van der Waals surface area contributed by atoms with E-state index < -0.39 is 0 Å². The van der Waals surface area contributed by atoms with E-state index in [4.69, 9.17) is 4.74 Å². The van der Waals surface area contributed by atoms with Gasteiger partial charge in [0.1, 0.15) is 0 Å². The summed E-state index contributed by atoms with van der Waals surface area (Å²) in [6, 6.07) is 17.2.